The lowest BCUT2D eigenvalue weighted by Crippen LogP contribution is -2.19. The Morgan fingerprint density at radius 2 is 2.07 bits per heavy atom. The van der Waals surface area contributed by atoms with Crippen LogP contribution in [0.1, 0.15) is 50.7 Å². The summed E-state index contributed by atoms with van der Waals surface area (Å²) in [6.45, 7) is 5.94. The van der Waals surface area contributed by atoms with Crippen molar-refractivity contribution in [2.24, 2.45) is 11.8 Å². The number of benzene rings is 1. The smallest absolute Gasteiger partial charge is 0.373 e. The van der Waals surface area contributed by atoms with Crippen LogP contribution in [-0.4, -0.2) is 34.7 Å². The van der Waals surface area contributed by atoms with Gasteiger partial charge < -0.3 is 14.9 Å². The monoisotopic (exact) mass is 384 g/mol. The maximum absolute atomic E-state index is 10.5. The van der Waals surface area contributed by atoms with E-state index in [4.69, 9.17) is 14.3 Å². The molecule has 1 aromatic rings. The molecule has 6 atom stereocenters. The van der Waals surface area contributed by atoms with E-state index in [0.717, 1.165) is 12.2 Å². The maximum atomic E-state index is 10.5. The zero-order valence-electron chi connectivity index (χ0n) is 16.6. The molecule has 1 fully saturated rings. The van der Waals surface area contributed by atoms with Gasteiger partial charge in [0, 0.05) is 30.2 Å². The molecule has 28 heavy (non-hydrogen) atoms. The standard InChI is InChI=1S/C22H28O3.CO2/c1-4-6-8-14(3)18(23)12-11-16-19(24)13-20-21(16)17-10-7-9-15(5-2)22(17)25-20;2-1-3/h7,9-12,14,16,18-21,23-24H,5,8,13H2,1-3H3;/b12-11+;/t14-,16-,18+,19+,20-,21-;/m0./s1. The van der Waals surface area contributed by atoms with Gasteiger partial charge in [0.1, 0.15) is 11.9 Å². The first kappa shape index (κ1) is 21.9. The van der Waals surface area contributed by atoms with Crippen molar-refractivity contribution in [1.29, 1.82) is 0 Å². The maximum Gasteiger partial charge on any atom is 0.373 e. The number of aryl methyl sites for hydroxylation is 1. The third kappa shape index (κ3) is 4.72. The molecule has 150 valence electrons. The first-order valence-electron chi connectivity index (χ1n) is 9.70. The minimum absolute atomic E-state index is 0.0162. The van der Waals surface area contributed by atoms with E-state index in [0.29, 0.717) is 12.8 Å². The lowest BCUT2D eigenvalue weighted by atomic mass is 9.86. The molecule has 0 radical (unpaired) electrons. The summed E-state index contributed by atoms with van der Waals surface area (Å²) < 4.78 is 6.19. The van der Waals surface area contributed by atoms with Gasteiger partial charge in [-0.3, -0.25) is 0 Å². The second kappa shape index (κ2) is 10.2. The van der Waals surface area contributed by atoms with E-state index in [2.05, 4.69) is 37.0 Å². The fraction of sp³-hybridized carbons (Fsp3) is 0.522. The van der Waals surface area contributed by atoms with Crippen molar-refractivity contribution in [3.05, 3.63) is 41.5 Å². The Morgan fingerprint density at radius 3 is 2.71 bits per heavy atom. The van der Waals surface area contributed by atoms with Crippen molar-refractivity contribution >= 4 is 6.15 Å². The van der Waals surface area contributed by atoms with E-state index in [1.807, 2.05) is 26.0 Å². The molecule has 0 spiro atoms. The second-order valence-electron chi connectivity index (χ2n) is 7.32. The molecule has 1 aliphatic carbocycles. The van der Waals surface area contributed by atoms with Gasteiger partial charge in [-0.15, -0.1) is 11.8 Å². The van der Waals surface area contributed by atoms with Crippen molar-refractivity contribution in [2.75, 3.05) is 0 Å². The van der Waals surface area contributed by atoms with Gasteiger partial charge in [-0.05, 0) is 24.8 Å². The van der Waals surface area contributed by atoms with E-state index in [9.17, 15) is 10.2 Å². The third-order valence-corrected chi connectivity index (χ3v) is 5.58. The summed E-state index contributed by atoms with van der Waals surface area (Å²) in [7, 11) is 0. The minimum Gasteiger partial charge on any atom is -0.489 e. The van der Waals surface area contributed by atoms with Crippen LogP contribution in [0.2, 0.25) is 0 Å². The largest absolute Gasteiger partial charge is 0.489 e. The average molecular weight is 384 g/mol. The van der Waals surface area contributed by atoms with Crippen LogP contribution in [0.15, 0.2) is 30.4 Å². The molecule has 0 unspecified atom stereocenters. The number of ether oxygens (including phenoxy) is 1. The molecule has 5 heteroatoms. The Hall–Kier alpha value is -2.38. The van der Waals surface area contributed by atoms with Gasteiger partial charge in [0.25, 0.3) is 0 Å². The number of carbonyl (C=O) groups excluding carboxylic acids is 2. The Bertz CT molecular complexity index is 782. The van der Waals surface area contributed by atoms with Crippen LogP contribution < -0.4 is 4.74 Å². The Kier molecular flexibility index (Phi) is 8.02. The molecule has 1 saturated carbocycles. The molecule has 2 N–H and O–H groups in total. The van der Waals surface area contributed by atoms with Gasteiger partial charge in [0.2, 0.25) is 0 Å². The molecule has 0 saturated heterocycles. The summed E-state index contributed by atoms with van der Waals surface area (Å²) in [6, 6.07) is 6.31. The number of rotatable bonds is 5. The van der Waals surface area contributed by atoms with Gasteiger partial charge in [-0.1, -0.05) is 44.2 Å². The number of para-hydroxylation sites is 1. The molecule has 0 bridgehead atoms. The predicted octanol–water partition coefficient (Wildman–Crippen LogP) is 2.86. The highest BCUT2D eigenvalue weighted by Crippen LogP contribution is 2.51. The number of hydrogen-bond acceptors (Lipinski definition) is 5. The Morgan fingerprint density at radius 1 is 1.36 bits per heavy atom. The van der Waals surface area contributed by atoms with Crippen LogP contribution in [0.25, 0.3) is 0 Å². The molecule has 3 rings (SSSR count). The normalized spacial score (nSPS) is 26.6. The molecule has 0 aromatic heterocycles. The highest BCUT2D eigenvalue weighted by atomic mass is 16.5. The summed E-state index contributed by atoms with van der Waals surface area (Å²) in [5.74, 6) is 7.13. The number of hydrogen-bond donors (Lipinski definition) is 2. The molecule has 2 aliphatic rings. The lowest BCUT2D eigenvalue weighted by molar-refractivity contribution is -0.191. The van der Waals surface area contributed by atoms with Crippen molar-refractivity contribution in [1.82, 2.24) is 0 Å². The van der Waals surface area contributed by atoms with E-state index in [-0.39, 0.29) is 30.0 Å². The summed E-state index contributed by atoms with van der Waals surface area (Å²) in [6.07, 6.45) is 5.40. The van der Waals surface area contributed by atoms with Gasteiger partial charge in [0.05, 0.1) is 12.2 Å². The first-order valence-corrected chi connectivity index (χ1v) is 9.70. The van der Waals surface area contributed by atoms with Crippen molar-refractivity contribution < 1.29 is 24.5 Å². The zero-order chi connectivity index (χ0) is 20.7. The van der Waals surface area contributed by atoms with Gasteiger partial charge in [-0.25, -0.2) is 0 Å². The summed E-state index contributed by atoms with van der Waals surface area (Å²) >= 11 is 0. The predicted molar refractivity (Wildman–Crippen MR) is 104 cm³/mol. The molecule has 5 nitrogen and oxygen atoms in total. The third-order valence-electron chi connectivity index (χ3n) is 5.58. The molecular weight excluding hydrogens is 356 g/mol. The fourth-order valence-electron chi connectivity index (χ4n) is 4.06. The number of aliphatic hydroxyl groups is 2. The fourth-order valence-corrected chi connectivity index (χ4v) is 4.06. The molecule has 1 aromatic carbocycles. The summed E-state index contributed by atoms with van der Waals surface area (Å²) in [5, 5.41) is 20.8. The van der Waals surface area contributed by atoms with Gasteiger partial charge in [-0.2, -0.15) is 9.59 Å². The highest BCUT2D eigenvalue weighted by Gasteiger charge is 2.48. The highest BCUT2D eigenvalue weighted by molar-refractivity contribution is 5.49. The van der Waals surface area contributed by atoms with Crippen LogP contribution in [-0.2, 0) is 16.0 Å². The van der Waals surface area contributed by atoms with Crippen molar-refractivity contribution in [3.8, 4) is 17.6 Å². The Labute approximate surface area is 166 Å². The molecule has 0 amide bonds. The van der Waals surface area contributed by atoms with E-state index < -0.39 is 12.2 Å². The lowest BCUT2D eigenvalue weighted by Gasteiger charge is -2.19. The van der Waals surface area contributed by atoms with E-state index in [1.54, 1.807) is 0 Å². The van der Waals surface area contributed by atoms with Crippen LogP contribution in [0, 0.1) is 23.7 Å². The van der Waals surface area contributed by atoms with Gasteiger partial charge >= 0.3 is 6.15 Å². The SMILES string of the molecule is CC#CC[C@H](C)[C@H](O)/C=C/[C@@H]1[C@H]2c3cccc(CC)c3O[C@H]2C[C@H]1O.O=C=O. The molecule has 1 aliphatic heterocycles. The average Bonchev–Trinajstić information content (AvgIpc) is 3.19. The Balaban J connectivity index is 0.000000878. The summed E-state index contributed by atoms with van der Waals surface area (Å²) in [4.78, 5) is 16.2. The number of aliphatic hydroxyl groups excluding tert-OH is 2. The quantitative estimate of drug-likeness (QED) is 0.602. The molecular formula is C23H28O5. The van der Waals surface area contributed by atoms with Gasteiger partial charge in [0.15, 0.2) is 0 Å². The van der Waals surface area contributed by atoms with Crippen molar-refractivity contribution in [3.63, 3.8) is 0 Å². The minimum atomic E-state index is -0.545. The van der Waals surface area contributed by atoms with Crippen LogP contribution in [0.4, 0.5) is 0 Å². The van der Waals surface area contributed by atoms with E-state index in [1.165, 1.54) is 11.1 Å². The van der Waals surface area contributed by atoms with E-state index >= 15 is 0 Å². The van der Waals surface area contributed by atoms with Crippen LogP contribution >= 0.6 is 0 Å². The molecule has 1 heterocycles. The second-order valence-corrected chi connectivity index (χ2v) is 7.32. The van der Waals surface area contributed by atoms with Crippen LogP contribution in [0.5, 0.6) is 5.75 Å². The zero-order valence-corrected chi connectivity index (χ0v) is 16.6. The first-order chi connectivity index (χ1) is 13.5. The summed E-state index contributed by atoms with van der Waals surface area (Å²) in [5.41, 5.74) is 2.44. The topological polar surface area (TPSA) is 83.8 Å². The number of fused-ring (bicyclic) bond motifs is 3. The van der Waals surface area contributed by atoms with Crippen molar-refractivity contribution in [2.45, 2.75) is 64.3 Å². The van der Waals surface area contributed by atoms with Crippen LogP contribution in [0.3, 0.4) is 0 Å².